The van der Waals surface area contributed by atoms with Crippen LogP contribution in [0.2, 0.25) is 0 Å². The van der Waals surface area contributed by atoms with E-state index in [0.717, 1.165) is 48.7 Å². The van der Waals surface area contributed by atoms with E-state index in [1.807, 2.05) is 45.9 Å². The number of halogens is 1. The minimum Gasteiger partial charge on any atom is -0.396 e. The molecule has 1 aliphatic heterocycles. The van der Waals surface area contributed by atoms with Crippen LogP contribution >= 0.6 is 12.4 Å². The molecule has 0 radical (unpaired) electrons. The Bertz CT molecular complexity index is 840. The summed E-state index contributed by atoms with van der Waals surface area (Å²) in [5.41, 5.74) is 2.86. The highest BCUT2D eigenvalue weighted by Gasteiger charge is 2.19. The molecule has 1 aromatic carbocycles. The average molecular weight is 375 g/mol. The SMILES string of the molecule is Cl.OCCc1ccccc1-n1ccnc1-c1cn(C2CCNCC2)nn1. The van der Waals surface area contributed by atoms with Gasteiger partial charge in [-0.2, -0.15) is 0 Å². The van der Waals surface area contributed by atoms with Crippen LogP contribution in [0.1, 0.15) is 24.4 Å². The quantitative estimate of drug-likeness (QED) is 0.714. The lowest BCUT2D eigenvalue weighted by molar-refractivity contribution is 0.299. The lowest BCUT2D eigenvalue weighted by Gasteiger charge is -2.22. The molecule has 7 nitrogen and oxygen atoms in total. The van der Waals surface area contributed by atoms with E-state index in [0.29, 0.717) is 12.5 Å². The summed E-state index contributed by atoms with van der Waals surface area (Å²) >= 11 is 0. The zero-order valence-corrected chi connectivity index (χ0v) is 15.3. The molecule has 1 aliphatic rings. The first-order valence-corrected chi connectivity index (χ1v) is 8.72. The van der Waals surface area contributed by atoms with Crippen molar-refractivity contribution in [2.24, 2.45) is 0 Å². The number of hydrogen-bond acceptors (Lipinski definition) is 5. The first-order chi connectivity index (χ1) is 12.4. The van der Waals surface area contributed by atoms with Gasteiger partial charge in [-0.1, -0.05) is 23.4 Å². The summed E-state index contributed by atoms with van der Waals surface area (Å²) in [5.74, 6) is 0.769. The van der Waals surface area contributed by atoms with Gasteiger partial charge in [-0.25, -0.2) is 9.67 Å². The van der Waals surface area contributed by atoms with Crippen LogP contribution in [0.5, 0.6) is 0 Å². The van der Waals surface area contributed by atoms with Crippen LogP contribution in [-0.2, 0) is 6.42 Å². The second kappa shape index (κ2) is 8.44. The fourth-order valence-electron chi connectivity index (χ4n) is 3.39. The third kappa shape index (κ3) is 3.65. The largest absolute Gasteiger partial charge is 0.396 e. The maximum atomic E-state index is 9.32. The molecule has 0 amide bonds. The molecular formula is C18H23ClN6O. The van der Waals surface area contributed by atoms with Crippen LogP contribution in [0.3, 0.4) is 0 Å². The molecule has 4 rings (SSSR count). The van der Waals surface area contributed by atoms with Crippen molar-refractivity contribution in [2.75, 3.05) is 19.7 Å². The van der Waals surface area contributed by atoms with Crippen LogP contribution < -0.4 is 5.32 Å². The number of benzene rings is 1. The van der Waals surface area contributed by atoms with Gasteiger partial charge in [-0.3, -0.25) is 4.57 Å². The normalized spacial score (nSPS) is 15.0. The fraction of sp³-hybridized carbons (Fsp3) is 0.389. The summed E-state index contributed by atoms with van der Waals surface area (Å²) in [6, 6.07) is 8.44. The average Bonchev–Trinajstić information content (AvgIpc) is 3.32. The molecule has 0 spiro atoms. The Kier molecular flexibility index (Phi) is 6.03. The smallest absolute Gasteiger partial charge is 0.166 e. The summed E-state index contributed by atoms with van der Waals surface area (Å²) in [5, 5.41) is 21.4. The maximum Gasteiger partial charge on any atom is 0.166 e. The number of imidazole rings is 1. The van der Waals surface area contributed by atoms with Crippen molar-refractivity contribution in [3.63, 3.8) is 0 Å². The predicted molar refractivity (Wildman–Crippen MR) is 102 cm³/mol. The van der Waals surface area contributed by atoms with E-state index >= 15 is 0 Å². The number of nitrogens with one attached hydrogen (secondary N) is 1. The number of para-hydroxylation sites is 1. The Labute approximate surface area is 158 Å². The Balaban J connectivity index is 0.00000196. The molecule has 2 N–H and O–H groups in total. The van der Waals surface area contributed by atoms with Crippen molar-refractivity contribution in [2.45, 2.75) is 25.3 Å². The molecule has 0 unspecified atom stereocenters. The summed E-state index contributed by atoms with van der Waals surface area (Å²) in [7, 11) is 0. The topological polar surface area (TPSA) is 80.8 Å². The van der Waals surface area contributed by atoms with Crippen molar-refractivity contribution in [3.8, 4) is 17.2 Å². The monoisotopic (exact) mass is 374 g/mol. The predicted octanol–water partition coefficient (Wildman–Crippen LogP) is 2.01. The van der Waals surface area contributed by atoms with E-state index < -0.39 is 0 Å². The number of rotatable bonds is 5. The summed E-state index contributed by atoms with van der Waals surface area (Å²) in [4.78, 5) is 4.49. The number of aliphatic hydroxyl groups excluding tert-OH is 1. The molecule has 26 heavy (non-hydrogen) atoms. The molecule has 0 aliphatic carbocycles. The number of hydrogen-bond donors (Lipinski definition) is 2. The Morgan fingerprint density at radius 2 is 2.00 bits per heavy atom. The van der Waals surface area contributed by atoms with Gasteiger partial charge in [0.1, 0.15) is 5.69 Å². The van der Waals surface area contributed by atoms with Crippen molar-refractivity contribution >= 4 is 12.4 Å². The summed E-state index contributed by atoms with van der Waals surface area (Å²) < 4.78 is 3.98. The molecule has 3 aromatic rings. The van der Waals surface area contributed by atoms with Crippen molar-refractivity contribution in [3.05, 3.63) is 48.4 Å². The van der Waals surface area contributed by atoms with Crippen LogP contribution in [0.25, 0.3) is 17.2 Å². The highest BCUT2D eigenvalue weighted by atomic mass is 35.5. The van der Waals surface area contributed by atoms with Crippen molar-refractivity contribution < 1.29 is 5.11 Å². The van der Waals surface area contributed by atoms with Crippen molar-refractivity contribution in [1.82, 2.24) is 29.9 Å². The van der Waals surface area contributed by atoms with Gasteiger partial charge in [-0.05, 0) is 44.0 Å². The summed E-state index contributed by atoms with van der Waals surface area (Å²) in [6.07, 6.45) is 8.43. The number of aromatic nitrogens is 5. The molecule has 1 fully saturated rings. The number of aliphatic hydroxyl groups is 1. The lowest BCUT2D eigenvalue weighted by atomic mass is 10.1. The Hall–Kier alpha value is -2.22. The number of piperidine rings is 1. The highest BCUT2D eigenvalue weighted by molar-refractivity contribution is 5.85. The van der Waals surface area contributed by atoms with Crippen LogP contribution in [0.15, 0.2) is 42.9 Å². The molecule has 2 aromatic heterocycles. The molecule has 138 valence electrons. The minimum absolute atomic E-state index is 0. The molecule has 0 atom stereocenters. The second-order valence-corrected chi connectivity index (χ2v) is 6.29. The van der Waals surface area contributed by atoms with E-state index in [9.17, 15) is 5.11 Å². The third-order valence-electron chi connectivity index (χ3n) is 4.70. The fourth-order valence-corrected chi connectivity index (χ4v) is 3.39. The van der Waals surface area contributed by atoms with Gasteiger partial charge < -0.3 is 10.4 Å². The van der Waals surface area contributed by atoms with E-state index in [1.54, 1.807) is 6.20 Å². The lowest BCUT2D eigenvalue weighted by Crippen LogP contribution is -2.29. The van der Waals surface area contributed by atoms with Gasteiger partial charge in [0, 0.05) is 19.0 Å². The third-order valence-corrected chi connectivity index (χ3v) is 4.70. The van der Waals surface area contributed by atoms with Crippen LogP contribution in [-0.4, -0.2) is 49.3 Å². The standard InChI is InChI=1S/C18H22N6O.ClH/c25-12-7-14-3-1-2-4-17(14)23-11-10-20-18(23)16-13-24(22-21-16)15-5-8-19-9-6-15;/h1-4,10-11,13,15,19,25H,5-9,12H2;1H. The first kappa shape index (κ1) is 18.6. The minimum atomic E-state index is 0. The van der Waals surface area contributed by atoms with E-state index in [4.69, 9.17) is 0 Å². The van der Waals surface area contributed by atoms with E-state index in [1.165, 1.54) is 0 Å². The first-order valence-electron chi connectivity index (χ1n) is 8.72. The molecule has 3 heterocycles. The van der Waals surface area contributed by atoms with E-state index in [-0.39, 0.29) is 19.0 Å². The van der Waals surface area contributed by atoms with Crippen LogP contribution in [0, 0.1) is 0 Å². The molecule has 0 bridgehead atoms. The van der Waals surface area contributed by atoms with Crippen LogP contribution in [0.4, 0.5) is 0 Å². The van der Waals surface area contributed by atoms with Gasteiger partial charge in [0.05, 0.1) is 17.9 Å². The summed E-state index contributed by atoms with van der Waals surface area (Å²) in [6.45, 7) is 2.15. The Morgan fingerprint density at radius 3 is 2.81 bits per heavy atom. The zero-order valence-electron chi connectivity index (χ0n) is 14.5. The number of nitrogens with zero attached hydrogens (tertiary/aromatic N) is 5. The maximum absolute atomic E-state index is 9.32. The van der Waals surface area contributed by atoms with Gasteiger partial charge in [0.15, 0.2) is 5.82 Å². The zero-order chi connectivity index (χ0) is 17.1. The van der Waals surface area contributed by atoms with Gasteiger partial charge in [0.2, 0.25) is 0 Å². The van der Waals surface area contributed by atoms with Gasteiger partial charge >= 0.3 is 0 Å². The molecule has 0 saturated carbocycles. The van der Waals surface area contributed by atoms with Gasteiger partial charge in [0.25, 0.3) is 0 Å². The highest BCUT2D eigenvalue weighted by Crippen LogP contribution is 2.24. The second-order valence-electron chi connectivity index (χ2n) is 6.29. The molecule has 1 saturated heterocycles. The van der Waals surface area contributed by atoms with Crippen molar-refractivity contribution in [1.29, 1.82) is 0 Å². The molecule has 8 heteroatoms. The molecular weight excluding hydrogens is 352 g/mol. The van der Waals surface area contributed by atoms with Gasteiger partial charge in [-0.15, -0.1) is 17.5 Å². The van der Waals surface area contributed by atoms with E-state index in [2.05, 4.69) is 20.6 Å². The Morgan fingerprint density at radius 1 is 1.19 bits per heavy atom.